The largest absolute Gasteiger partial charge is 0.392 e. The Morgan fingerprint density at radius 3 is 2.81 bits per heavy atom. The highest BCUT2D eigenvalue weighted by molar-refractivity contribution is 5.96. The highest BCUT2D eigenvalue weighted by Crippen LogP contribution is 2.19. The molecule has 1 aromatic carbocycles. The van der Waals surface area contributed by atoms with E-state index in [-0.39, 0.29) is 29.9 Å². The monoisotopic (exact) mass is 294 g/mol. The summed E-state index contributed by atoms with van der Waals surface area (Å²) in [7, 11) is 3.99. The average molecular weight is 294 g/mol. The summed E-state index contributed by atoms with van der Waals surface area (Å²) in [5, 5.41) is 9.80. The third-order valence-electron chi connectivity index (χ3n) is 3.88. The second-order valence-electron chi connectivity index (χ2n) is 5.95. The maximum atomic E-state index is 13.6. The molecule has 0 aromatic heterocycles. The van der Waals surface area contributed by atoms with Gasteiger partial charge in [0.05, 0.1) is 11.7 Å². The number of ketones is 1. The van der Waals surface area contributed by atoms with Gasteiger partial charge in [-0.2, -0.15) is 0 Å². The third-order valence-corrected chi connectivity index (χ3v) is 3.88. The van der Waals surface area contributed by atoms with Gasteiger partial charge >= 0.3 is 0 Å². The lowest BCUT2D eigenvalue weighted by molar-refractivity contribution is 0.0948. The van der Waals surface area contributed by atoms with E-state index in [2.05, 4.69) is 9.80 Å². The molecular weight excluding hydrogens is 271 g/mol. The van der Waals surface area contributed by atoms with Crippen LogP contribution in [0.4, 0.5) is 4.39 Å². The molecule has 1 N–H and O–H groups in total. The molecule has 5 heteroatoms. The number of benzene rings is 1. The number of rotatable bonds is 6. The molecule has 1 aliphatic rings. The van der Waals surface area contributed by atoms with Crippen molar-refractivity contribution < 1.29 is 14.3 Å². The van der Waals surface area contributed by atoms with Crippen LogP contribution in [0.2, 0.25) is 0 Å². The molecule has 116 valence electrons. The van der Waals surface area contributed by atoms with Crippen LogP contribution >= 0.6 is 0 Å². The summed E-state index contributed by atoms with van der Waals surface area (Å²) in [6, 6.07) is 6.33. The summed E-state index contributed by atoms with van der Waals surface area (Å²) in [6.45, 7) is 2.00. The fraction of sp³-hybridized carbons (Fsp3) is 0.562. The molecule has 1 saturated heterocycles. The van der Waals surface area contributed by atoms with E-state index in [9.17, 15) is 14.3 Å². The van der Waals surface area contributed by atoms with Crippen LogP contribution in [0.1, 0.15) is 23.2 Å². The average Bonchev–Trinajstić information content (AvgIpc) is 2.75. The fourth-order valence-corrected chi connectivity index (χ4v) is 2.91. The molecule has 4 nitrogen and oxygen atoms in total. The molecule has 2 atom stereocenters. The summed E-state index contributed by atoms with van der Waals surface area (Å²) in [4.78, 5) is 16.3. The van der Waals surface area contributed by atoms with Gasteiger partial charge < -0.3 is 10.0 Å². The van der Waals surface area contributed by atoms with Crippen LogP contribution in [0.15, 0.2) is 24.3 Å². The molecule has 1 fully saturated rings. The summed E-state index contributed by atoms with van der Waals surface area (Å²) in [5.74, 6) is -0.646. The number of carbonyl (C=O) groups excluding carboxylic acids is 1. The van der Waals surface area contributed by atoms with E-state index >= 15 is 0 Å². The van der Waals surface area contributed by atoms with E-state index < -0.39 is 5.82 Å². The van der Waals surface area contributed by atoms with Gasteiger partial charge in [0.25, 0.3) is 0 Å². The van der Waals surface area contributed by atoms with Gasteiger partial charge in [-0.25, -0.2) is 4.39 Å². The highest BCUT2D eigenvalue weighted by Gasteiger charge is 2.31. The lowest BCUT2D eigenvalue weighted by Gasteiger charge is -2.26. The zero-order valence-electron chi connectivity index (χ0n) is 12.6. The standard InChI is InChI=1S/C16H23FN2O2/c1-18(2)10-12-9-13(20)11-19(12)8-7-16(21)14-5-3-4-6-15(14)17/h3-6,12-13,20H,7-11H2,1-2H3. The first kappa shape index (κ1) is 16.1. The molecule has 2 rings (SSSR count). The van der Waals surface area contributed by atoms with E-state index in [0.717, 1.165) is 13.0 Å². The first-order chi connectivity index (χ1) is 9.97. The Balaban J connectivity index is 1.92. The molecule has 0 aliphatic carbocycles. The number of β-amino-alcohol motifs (C(OH)–C–C–N with tert-alkyl or cyclic N) is 1. The van der Waals surface area contributed by atoms with Gasteiger partial charge in [0, 0.05) is 32.1 Å². The number of halogens is 1. The Morgan fingerprint density at radius 1 is 1.43 bits per heavy atom. The fourth-order valence-electron chi connectivity index (χ4n) is 2.91. The molecule has 0 bridgehead atoms. The van der Waals surface area contributed by atoms with Crippen LogP contribution in [-0.2, 0) is 0 Å². The van der Waals surface area contributed by atoms with Gasteiger partial charge in [-0.3, -0.25) is 9.69 Å². The van der Waals surface area contributed by atoms with Gasteiger partial charge in [-0.1, -0.05) is 12.1 Å². The predicted molar refractivity (Wildman–Crippen MR) is 79.9 cm³/mol. The Kier molecular flexibility index (Phi) is 5.45. The SMILES string of the molecule is CN(C)CC1CC(O)CN1CCC(=O)c1ccccc1F. The van der Waals surface area contributed by atoms with Crippen LogP contribution in [0.25, 0.3) is 0 Å². The first-order valence-corrected chi connectivity index (χ1v) is 7.32. The lowest BCUT2D eigenvalue weighted by Crippen LogP contribution is -2.38. The van der Waals surface area contributed by atoms with Crippen LogP contribution in [0, 0.1) is 5.82 Å². The minimum absolute atomic E-state index is 0.154. The molecule has 1 heterocycles. The minimum atomic E-state index is -0.464. The van der Waals surface area contributed by atoms with E-state index in [1.165, 1.54) is 12.1 Å². The van der Waals surface area contributed by atoms with E-state index in [1.54, 1.807) is 12.1 Å². The summed E-state index contributed by atoms with van der Waals surface area (Å²) in [6.07, 6.45) is 0.669. The minimum Gasteiger partial charge on any atom is -0.392 e. The van der Waals surface area contributed by atoms with Crippen LogP contribution < -0.4 is 0 Å². The van der Waals surface area contributed by atoms with Crippen molar-refractivity contribution in [2.24, 2.45) is 0 Å². The van der Waals surface area contributed by atoms with Gasteiger partial charge in [0.1, 0.15) is 5.82 Å². The summed E-state index contributed by atoms with van der Waals surface area (Å²) in [5.41, 5.74) is 0.154. The van der Waals surface area contributed by atoms with Crippen molar-refractivity contribution in [2.45, 2.75) is 25.0 Å². The molecule has 0 amide bonds. The maximum Gasteiger partial charge on any atom is 0.167 e. The third kappa shape index (κ3) is 4.33. The molecule has 1 aromatic rings. The summed E-state index contributed by atoms with van der Waals surface area (Å²) < 4.78 is 13.6. The second-order valence-corrected chi connectivity index (χ2v) is 5.95. The Morgan fingerprint density at radius 2 is 2.14 bits per heavy atom. The Bertz CT molecular complexity index is 493. The normalized spacial score (nSPS) is 22.9. The Hall–Kier alpha value is -1.30. The zero-order chi connectivity index (χ0) is 15.4. The van der Waals surface area contributed by atoms with Crippen molar-refractivity contribution >= 4 is 5.78 Å². The van der Waals surface area contributed by atoms with Crippen LogP contribution in [0.5, 0.6) is 0 Å². The number of Topliss-reactive ketones (excluding diaryl/α,β-unsaturated/α-hetero) is 1. The number of likely N-dealkylation sites (N-methyl/N-ethyl adjacent to an activating group) is 1. The zero-order valence-corrected chi connectivity index (χ0v) is 12.6. The van der Waals surface area contributed by atoms with Crippen molar-refractivity contribution in [1.82, 2.24) is 9.80 Å². The van der Waals surface area contributed by atoms with Crippen LogP contribution in [-0.4, -0.2) is 66.6 Å². The van der Waals surface area contributed by atoms with E-state index in [1.807, 2.05) is 14.1 Å². The molecule has 2 unspecified atom stereocenters. The summed E-state index contributed by atoms with van der Waals surface area (Å²) >= 11 is 0. The first-order valence-electron chi connectivity index (χ1n) is 7.32. The van der Waals surface area contributed by atoms with Crippen LogP contribution in [0.3, 0.4) is 0 Å². The quantitative estimate of drug-likeness (QED) is 0.805. The molecule has 21 heavy (non-hydrogen) atoms. The van der Waals surface area contributed by atoms with Crippen molar-refractivity contribution in [3.63, 3.8) is 0 Å². The van der Waals surface area contributed by atoms with E-state index in [4.69, 9.17) is 0 Å². The number of carbonyl (C=O) groups is 1. The van der Waals surface area contributed by atoms with Gasteiger partial charge in [0.2, 0.25) is 0 Å². The predicted octanol–water partition coefficient (Wildman–Crippen LogP) is 1.40. The van der Waals surface area contributed by atoms with Crippen molar-refractivity contribution in [2.75, 3.05) is 33.7 Å². The van der Waals surface area contributed by atoms with Crippen molar-refractivity contribution in [3.05, 3.63) is 35.6 Å². The number of hydrogen-bond acceptors (Lipinski definition) is 4. The second kappa shape index (κ2) is 7.11. The molecule has 0 saturated carbocycles. The maximum absolute atomic E-state index is 13.6. The van der Waals surface area contributed by atoms with Gasteiger partial charge in [-0.05, 0) is 32.6 Å². The molecule has 0 radical (unpaired) electrons. The number of hydrogen-bond donors (Lipinski definition) is 1. The number of aliphatic hydroxyl groups is 1. The number of aliphatic hydroxyl groups excluding tert-OH is 1. The van der Waals surface area contributed by atoms with Crippen molar-refractivity contribution in [1.29, 1.82) is 0 Å². The Labute approximate surface area is 125 Å². The topological polar surface area (TPSA) is 43.8 Å². The van der Waals surface area contributed by atoms with Crippen molar-refractivity contribution in [3.8, 4) is 0 Å². The van der Waals surface area contributed by atoms with Gasteiger partial charge in [0.15, 0.2) is 5.78 Å². The molecule has 1 aliphatic heterocycles. The molecule has 0 spiro atoms. The molecular formula is C16H23FN2O2. The number of nitrogens with zero attached hydrogens (tertiary/aromatic N) is 2. The number of likely N-dealkylation sites (tertiary alicyclic amines) is 1. The van der Waals surface area contributed by atoms with Gasteiger partial charge in [-0.15, -0.1) is 0 Å². The highest BCUT2D eigenvalue weighted by atomic mass is 19.1. The van der Waals surface area contributed by atoms with E-state index in [0.29, 0.717) is 13.1 Å². The lowest BCUT2D eigenvalue weighted by atomic mass is 10.1. The smallest absolute Gasteiger partial charge is 0.167 e.